The maximum Gasteiger partial charge on any atom is 0.0711 e. The largest absolute Gasteiger partial charge is 0.314 e. The van der Waals surface area contributed by atoms with Crippen molar-refractivity contribution in [3.05, 3.63) is 65.9 Å². The number of benzene rings is 2. The van der Waals surface area contributed by atoms with E-state index in [4.69, 9.17) is 0 Å². The van der Waals surface area contributed by atoms with Crippen molar-refractivity contribution in [2.45, 2.75) is 13.5 Å². The standard InChI is InChI=1S/C21H23N3/c1-16-9-10-20-19(7-4-8-21(20)23-16)18-6-3-2-5-17(18)15-24-13-11-22-12-14-24/h2-10,22H,11-15H2,1H3. The van der Waals surface area contributed by atoms with Crippen LogP contribution < -0.4 is 5.32 Å². The third-order valence-electron chi connectivity index (χ3n) is 4.78. The van der Waals surface area contributed by atoms with E-state index in [1.165, 1.54) is 22.1 Å². The molecule has 1 aliphatic heterocycles. The molecule has 0 saturated carbocycles. The molecule has 0 amide bonds. The van der Waals surface area contributed by atoms with Crippen molar-refractivity contribution in [3.63, 3.8) is 0 Å². The van der Waals surface area contributed by atoms with E-state index in [0.29, 0.717) is 0 Å². The van der Waals surface area contributed by atoms with Gasteiger partial charge in [0.1, 0.15) is 0 Å². The lowest BCUT2D eigenvalue weighted by atomic mass is 9.95. The fraction of sp³-hybridized carbons (Fsp3) is 0.286. The van der Waals surface area contributed by atoms with E-state index < -0.39 is 0 Å². The first-order chi connectivity index (χ1) is 11.8. The van der Waals surface area contributed by atoms with Gasteiger partial charge < -0.3 is 5.32 Å². The van der Waals surface area contributed by atoms with Gasteiger partial charge in [-0.1, -0.05) is 42.5 Å². The van der Waals surface area contributed by atoms with Crippen molar-refractivity contribution in [1.82, 2.24) is 15.2 Å². The van der Waals surface area contributed by atoms with Gasteiger partial charge in [0, 0.05) is 43.8 Å². The van der Waals surface area contributed by atoms with Crippen LogP contribution in [0.2, 0.25) is 0 Å². The Bertz CT molecular complexity index is 851. The normalized spacial score (nSPS) is 15.7. The molecule has 3 nitrogen and oxygen atoms in total. The molecule has 1 aromatic heterocycles. The molecule has 3 aromatic rings. The molecule has 1 N–H and O–H groups in total. The fourth-order valence-electron chi connectivity index (χ4n) is 3.52. The van der Waals surface area contributed by atoms with Crippen LogP contribution in [0.1, 0.15) is 11.3 Å². The van der Waals surface area contributed by atoms with Crippen molar-refractivity contribution in [2.75, 3.05) is 26.2 Å². The summed E-state index contributed by atoms with van der Waals surface area (Å²) in [6.45, 7) is 7.45. The summed E-state index contributed by atoms with van der Waals surface area (Å²) >= 11 is 0. The van der Waals surface area contributed by atoms with Crippen molar-refractivity contribution in [3.8, 4) is 11.1 Å². The van der Waals surface area contributed by atoms with Crippen LogP contribution in [0.4, 0.5) is 0 Å². The van der Waals surface area contributed by atoms with Gasteiger partial charge in [-0.05, 0) is 35.7 Å². The quantitative estimate of drug-likeness (QED) is 0.800. The van der Waals surface area contributed by atoms with Crippen LogP contribution in [-0.4, -0.2) is 36.1 Å². The minimum atomic E-state index is 1.01. The number of aryl methyl sites for hydroxylation is 1. The molecule has 0 bridgehead atoms. The summed E-state index contributed by atoms with van der Waals surface area (Å²) in [5.41, 5.74) is 6.14. The topological polar surface area (TPSA) is 28.2 Å². The van der Waals surface area contributed by atoms with E-state index >= 15 is 0 Å². The monoisotopic (exact) mass is 317 g/mol. The third kappa shape index (κ3) is 3.05. The lowest BCUT2D eigenvalue weighted by Crippen LogP contribution is -2.42. The number of fused-ring (bicyclic) bond motifs is 1. The fourth-order valence-corrected chi connectivity index (χ4v) is 3.52. The third-order valence-corrected chi connectivity index (χ3v) is 4.78. The van der Waals surface area contributed by atoms with Crippen LogP contribution in [-0.2, 0) is 6.54 Å². The van der Waals surface area contributed by atoms with E-state index in [2.05, 4.69) is 69.8 Å². The second-order valence-corrected chi connectivity index (χ2v) is 6.51. The summed E-state index contributed by atoms with van der Waals surface area (Å²) in [4.78, 5) is 7.22. The van der Waals surface area contributed by atoms with Crippen molar-refractivity contribution in [2.24, 2.45) is 0 Å². The number of piperazine rings is 1. The first-order valence-electron chi connectivity index (χ1n) is 8.69. The van der Waals surface area contributed by atoms with E-state index in [-0.39, 0.29) is 0 Å². The minimum absolute atomic E-state index is 1.01. The van der Waals surface area contributed by atoms with Crippen molar-refractivity contribution in [1.29, 1.82) is 0 Å². The number of hydrogen-bond acceptors (Lipinski definition) is 3. The molecule has 2 heterocycles. The predicted octanol–water partition coefficient (Wildman–Crippen LogP) is 3.62. The average molecular weight is 317 g/mol. The molecular formula is C21H23N3. The maximum atomic E-state index is 4.69. The summed E-state index contributed by atoms with van der Waals surface area (Å²) in [6.07, 6.45) is 0. The number of nitrogens with zero attached hydrogens (tertiary/aromatic N) is 2. The molecule has 0 aliphatic carbocycles. The zero-order chi connectivity index (χ0) is 16.4. The molecule has 0 spiro atoms. The molecule has 24 heavy (non-hydrogen) atoms. The molecule has 1 fully saturated rings. The van der Waals surface area contributed by atoms with Crippen LogP contribution in [0.15, 0.2) is 54.6 Å². The van der Waals surface area contributed by atoms with E-state index in [9.17, 15) is 0 Å². The summed E-state index contributed by atoms with van der Waals surface area (Å²) in [5, 5.41) is 4.66. The smallest absolute Gasteiger partial charge is 0.0711 e. The van der Waals surface area contributed by atoms with E-state index in [0.717, 1.165) is 43.9 Å². The Hall–Kier alpha value is -2.23. The second kappa shape index (κ2) is 6.71. The van der Waals surface area contributed by atoms with Crippen LogP contribution >= 0.6 is 0 Å². The molecular weight excluding hydrogens is 294 g/mol. The Morgan fingerprint density at radius 1 is 0.917 bits per heavy atom. The Labute approximate surface area is 143 Å². The summed E-state index contributed by atoms with van der Waals surface area (Å²) < 4.78 is 0. The van der Waals surface area contributed by atoms with Crippen LogP contribution in [0.3, 0.4) is 0 Å². The predicted molar refractivity (Wildman–Crippen MR) is 100 cm³/mol. The molecule has 1 saturated heterocycles. The highest BCUT2D eigenvalue weighted by molar-refractivity contribution is 5.95. The number of nitrogens with one attached hydrogen (secondary N) is 1. The summed E-state index contributed by atoms with van der Waals surface area (Å²) in [6, 6.07) is 19.5. The zero-order valence-electron chi connectivity index (χ0n) is 14.1. The molecule has 2 aromatic carbocycles. The SMILES string of the molecule is Cc1ccc2c(-c3ccccc3CN3CCNCC3)cccc2n1. The molecule has 0 atom stereocenters. The highest BCUT2D eigenvalue weighted by Gasteiger charge is 2.14. The van der Waals surface area contributed by atoms with Gasteiger partial charge in [0.15, 0.2) is 0 Å². The van der Waals surface area contributed by atoms with Crippen molar-refractivity contribution >= 4 is 10.9 Å². The van der Waals surface area contributed by atoms with Crippen LogP contribution in [0.5, 0.6) is 0 Å². The molecule has 3 heteroatoms. The van der Waals surface area contributed by atoms with E-state index in [1.54, 1.807) is 0 Å². The van der Waals surface area contributed by atoms with Gasteiger partial charge in [-0.2, -0.15) is 0 Å². The van der Waals surface area contributed by atoms with Crippen molar-refractivity contribution < 1.29 is 0 Å². The van der Waals surface area contributed by atoms with E-state index in [1.807, 2.05) is 6.92 Å². The second-order valence-electron chi connectivity index (χ2n) is 6.51. The molecule has 0 radical (unpaired) electrons. The maximum absolute atomic E-state index is 4.69. The summed E-state index contributed by atoms with van der Waals surface area (Å²) in [5.74, 6) is 0. The lowest BCUT2D eigenvalue weighted by Gasteiger charge is -2.28. The van der Waals surface area contributed by atoms with Gasteiger partial charge in [0.25, 0.3) is 0 Å². The number of hydrogen-bond donors (Lipinski definition) is 1. The number of aromatic nitrogens is 1. The van der Waals surface area contributed by atoms with Gasteiger partial charge in [-0.25, -0.2) is 0 Å². The van der Waals surface area contributed by atoms with Crippen LogP contribution in [0.25, 0.3) is 22.0 Å². The molecule has 1 aliphatic rings. The van der Waals surface area contributed by atoms with Gasteiger partial charge in [0.05, 0.1) is 5.52 Å². The van der Waals surface area contributed by atoms with Gasteiger partial charge in [0.2, 0.25) is 0 Å². The Balaban J connectivity index is 1.77. The minimum Gasteiger partial charge on any atom is -0.314 e. The van der Waals surface area contributed by atoms with Crippen LogP contribution in [0, 0.1) is 6.92 Å². The Morgan fingerprint density at radius 3 is 2.58 bits per heavy atom. The van der Waals surface area contributed by atoms with Gasteiger partial charge in [-0.3, -0.25) is 9.88 Å². The average Bonchev–Trinajstić information content (AvgIpc) is 2.62. The highest BCUT2D eigenvalue weighted by atomic mass is 15.2. The Morgan fingerprint density at radius 2 is 1.71 bits per heavy atom. The Kier molecular flexibility index (Phi) is 4.28. The van der Waals surface area contributed by atoms with Gasteiger partial charge >= 0.3 is 0 Å². The molecule has 122 valence electrons. The molecule has 0 unspecified atom stereocenters. The first kappa shape index (κ1) is 15.3. The first-order valence-corrected chi connectivity index (χ1v) is 8.69. The number of pyridine rings is 1. The zero-order valence-corrected chi connectivity index (χ0v) is 14.1. The van der Waals surface area contributed by atoms with Gasteiger partial charge in [-0.15, -0.1) is 0 Å². The highest BCUT2D eigenvalue weighted by Crippen LogP contribution is 2.31. The lowest BCUT2D eigenvalue weighted by molar-refractivity contribution is 0.233. The summed E-state index contributed by atoms with van der Waals surface area (Å²) in [7, 11) is 0. The molecule has 4 rings (SSSR count). The number of rotatable bonds is 3.